The first-order valence-corrected chi connectivity index (χ1v) is 15.0. The first-order chi connectivity index (χ1) is 17.3. The van der Waals surface area contributed by atoms with Gasteiger partial charge in [-0.3, -0.25) is 0 Å². The van der Waals surface area contributed by atoms with Crippen LogP contribution < -0.4 is 0 Å². The van der Waals surface area contributed by atoms with Gasteiger partial charge >= 0.3 is 0 Å². The van der Waals surface area contributed by atoms with Gasteiger partial charge in [-0.25, -0.2) is 16.8 Å². The van der Waals surface area contributed by atoms with E-state index in [0.717, 1.165) is 38.5 Å². The van der Waals surface area contributed by atoms with Crippen LogP contribution in [0.2, 0.25) is 0 Å². The highest BCUT2D eigenvalue weighted by atomic mass is 32.2. The van der Waals surface area contributed by atoms with Crippen molar-refractivity contribution in [3.05, 3.63) is 53.1 Å². The molecule has 0 saturated carbocycles. The van der Waals surface area contributed by atoms with Crippen LogP contribution in [-0.2, 0) is 20.0 Å². The SMILES string of the molecule is N#CC(C#N)=C1c2cc(S(=O)(=O)N3CCCCC3)ccc2-c2ccc(S(=O)(=O)N3CCCCC3)cc21. The van der Waals surface area contributed by atoms with Crippen LogP contribution in [0.3, 0.4) is 0 Å². The van der Waals surface area contributed by atoms with Crippen LogP contribution in [0.5, 0.6) is 0 Å². The Bertz CT molecular complexity index is 1440. The summed E-state index contributed by atoms with van der Waals surface area (Å²) in [6, 6.07) is 13.3. The van der Waals surface area contributed by atoms with Crippen LogP contribution in [0.15, 0.2) is 51.8 Å². The Hall–Kier alpha value is -3.02. The number of rotatable bonds is 4. The third-order valence-electron chi connectivity index (χ3n) is 7.19. The lowest BCUT2D eigenvalue weighted by atomic mass is 9.99. The zero-order valence-corrected chi connectivity index (χ0v) is 21.4. The lowest BCUT2D eigenvalue weighted by molar-refractivity contribution is 0.346. The summed E-state index contributed by atoms with van der Waals surface area (Å²) in [5.41, 5.74) is 2.33. The van der Waals surface area contributed by atoms with Gasteiger partial charge in [-0.2, -0.15) is 19.1 Å². The highest BCUT2D eigenvalue weighted by Gasteiger charge is 2.33. The lowest BCUT2D eigenvalue weighted by Crippen LogP contribution is -2.35. The van der Waals surface area contributed by atoms with Gasteiger partial charge in [0.25, 0.3) is 0 Å². The molecule has 0 N–H and O–H groups in total. The molecule has 0 radical (unpaired) electrons. The highest BCUT2D eigenvalue weighted by molar-refractivity contribution is 7.89. The molecule has 1 aliphatic carbocycles. The molecule has 2 fully saturated rings. The number of piperidine rings is 2. The summed E-state index contributed by atoms with van der Waals surface area (Å²) in [5.74, 6) is 0. The van der Waals surface area contributed by atoms with Crippen LogP contribution in [0, 0.1) is 22.7 Å². The van der Waals surface area contributed by atoms with Crippen molar-refractivity contribution in [2.45, 2.75) is 48.3 Å². The second-order valence-corrected chi connectivity index (χ2v) is 13.2. The summed E-state index contributed by atoms with van der Waals surface area (Å²) >= 11 is 0. The number of nitriles is 2. The van der Waals surface area contributed by atoms with E-state index in [9.17, 15) is 27.4 Å². The van der Waals surface area contributed by atoms with Gasteiger partial charge in [-0.1, -0.05) is 25.0 Å². The Kier molecular flexibility index (Phi) is 6.48. The van der Waals surface area contributed by atoms with Crippen molar-refractivity contribution in [2.24, 2.45) is 0 Å². The maximum Gasteiger partial charge on any atom is 0.243 e. The minimum absolute atomic E-state index is 0.102. The smallest absolute Gasteiger partial charge is 0.207 e. The van der Waals surface area contributed by atoms with Gasteiger partial charge < -0.3 is 0 Å². The zero-order chi connectivity index (χ0) is 25.5. The highest BCUT2D eigenvalue weighted by Crippen LogP contribution is 2.47. The molecule has 0 aromatic heterocycles. The molecule has 0 bridgehead atoms. The summed E-state index contributed by atoms with van der Waals surface area (Å²) < 4.78 is 56.3. The summed E-state index contributed by atoms with van der Waals surface area (Å²) in [6.07, 6.45) is 5.22. The molecule has 36 heavy (non-hydrogen) atoms. The second-order valence-electron chi connectivity index (χ2n) is 9.32. The van der Waals surface area contributed by atoms with Crippen molar-refractivity contribution < 1.29 is 16.8 Å². The quantitative estimate of drug-likeness (QED) is 0.480. The van der Waals surface area contributed by atoms with Crippen molar-refractivity contribution in [3.8, 4) is 23.3 Å². The monoisotopic (exact) mass is 522 g/mol. The standard InChI is InChI=1S/C26H26N4O4S2/c27-17-19(18-28)26-24-15-20(35(31,32)29-11-3-1-4-12-29)7-9-22(24)23-10-8-21(16-25(23)26)36(33,34)30-13-5-2-6-14-30/h7-10,15-16H,1-6,11-14H2. The lowest BCUT2D eigenvalue weighted by Gasteiger charge is -2.26. The van der Waals surface area contributed by atoms with E-state index < -0.39 is 20.0 Å². The molecule has 0 spiro atoms. The van der Waals surface area contributed by atoms with Gasteiger partial charge in [0, 0.05) is 31.8 Å². The molecule has 0 amide bonds. The molecule has 0 unspecified atom stereocenters. The number of sulfonamides is 2. The molecule has 10 heteroatoms. The molecule has 2 saturated heterocycles. The molecule has 2 aliphatic heterocycles. The summed E-state index contributed by atoms with van der Waals surface area (Å²) in [6.45, 7) is 1.84. The minimum atomic E-state index is -3.74. The number of allylic oxidation sites excluding steroid dienone is 1. The molecule has 2 aromatic carbocycles. The van der Waals surface area contributed by atoms with Gasteiger partial charge in [0.2, 0.25) is 20.0 Å². The fourth-order valence-corrected chi connectivity index (χ4v) is 8.40. The van der Waals surface area contributed by atoms with E-state index in [1.807, 2.05) is 12.1 Å². The van der Waals surface area contributed by atoms with Crippen molar-refractivity contribution in [2.75, 3.05) is 26.2 Å². The van der Waals surface area contributed by atoms with E-state index in [-0.39, 0.29) is 20.9 Å². The Labute approximate surface area is 212 Å². The van der Waals surface area contributed by atoms with Crippen LogP contribution in [0.1, 0.15) is 49.7 Å². The summed E-state index contributed by atoms with van der Waals surface area (Å²) in [5, 5.41) is 19.4. The molecular formula is C26H26N4O4S2. The number of nitrogens with zero attached hydrogens (tertiary/aromatic N) is 4. The molecule has 8 nitrogen and oxygen atoms in total. The molecule has 5 rings (SSSR count). The van der Waals surface area contributed by atoms with Gasteiger partial charge in [0.15, 0.2) is 0 Å². The van der Waals surface area contributed by atoms with E-state index in [1.54, 1.807) is 24.3 Å². The largest absolute Gasteiger partial charge is 0.243 e. The Balaban J connectivity index is 1.64. The molecular weight excluding hydrogens is 496 g/mol. The summed E-state index contributed by atoms with van der Waals surface area (Å²) in [4.78, 5) is 0.203. The van der Waals surface area contributed by atoms with Crippen LogP contribution in [0.25, 0.3) is 16.7 Å². The van der Waals surface area contributed by atoms with Gasteiger partial charge in [0.1, 0.15) is 17.7 Å². The van der Waals surface area contributed by atoms with Crippen molar-refractivity contribution >= 4 is 25.6 Å². The van der Waals surface area contributed by atoms with E-state index in [1.165, 1.54) is 20.7 Å². The first-order valence-electron chi connectivity index (χ1n) is 12.1. The Morgan fingerprint density at radius 1 is 0.611 bits per heavy atom. The Morgan fingerprint density at radius 2 is 1.00 bits per heavy atom. The van der Waals surface area contributed by atoms with Crippen LogP contribution in [0.4, 0.5) is 0 Å². The third kappa shape index (κ3) is 4.04. The topological polar surface area (TPSA) is 122 Å². The maximum absolute atomic E-state index is 13.3. The fraction of sp³-hybridized carbons (Fsp3) is 0.385. The fourth-order valence-electron chi connectivity index (χ4n) is 5.31. The number of benzene rings is 2. The van der Waals surface area contributed by atoms with E-state index in [2.05, 4.69) is 0 Å². The average Bonchev–Trinajstić information content (AvgIpc) is 3.23. The number of fused-ring (bicyclic) bond motifs is 3. The van der Waals surface area contributed by atoms with Gasteiger partial charge in [-0.05, 0) is 72.2 Å². The minimum Gasteiger partial charge on any atom is -0.207 e. The third-order valence-corrected chi connectivity index (χ3v) is 11.0. The van der Waals surface area contributed by atoms with Crippen molar-refractivity contribution in [3.63, 3.8) is 0 Å². The summed E-state index contributed by atoms with van der Waals surface area (Å²) in [7, 11) is -7.47. The number of hydrogen-bond acceptors (Lipinski definition) is 6. The number of hydrogen-bond donors (Lipinski definition) is 0. The van der Waals surface area contributed by atoms with E-state index in [4.69, 9.17) is 0 Å². The second kappa shape index (κ2) is 9.45. The maximum atomic E-state index is 13.3. The van der Waals surface area contributed by atoms with E-state index in [0.29, 0.717) is 48.4 Å². The van der Waals surface area contributed by atoms with E-state index >= 15 is 0 Å². The first kappa shape index (κ1) is 24.7. The normalized spacial score (nSPS) is 18.7. The van der Waals surface area contributed by atoms with Crippen molar-refractivity contribution in [1.82, 2.24) is 8.61 Å². The molecule has 3 aliphatic rings. The van der Waals surface area contributed by atoms with Gasteiger partial charge in [0.05, 0.1) is 9.79 Å². The zero-order valence-electron chi connectivity index (χ0n) is 19.8. The molecule has 2 heterocycles. The predicted octanol–water partition coefficient (Wildman–Crippen LogP) is 3.87. The molecule has 186 valence electrons. The molecule has 2 aromatic rings. The van der Waals surface area contributed by atoms with Crippen molar-refractivity contribution in [1.29, 1.82) is 10.5 Å². The predicted molar refractivity (Wildman–Crippen MR) is 134 cm³/mol. The Morgan fingerprint density at radius 3 is 1.36 bits per heavy atom. The molecule has 0 atom stereocenters. The van der Waals surface area contributed by atoms with Gasteiger partial charge in [-0.15, -0.1) is 0 Å². The van der Waals surface area contributed by atoms with Crippen LogP contribution >= 0.6 is 0 Å². The van der Waals surface area contributed by atoms with Crippen LogP contribution in [-0.4, -0.2) is 51.6 Å². The average molecular weight is 523 g/mol.